The predicted molar refractivity (Wildman–Crippen MR) is 86.0 cm³/mol. The topological polar surface area (TPSA) is 42.0 Å². The molecule has 1 aliphatic heterocycles. The molecule has 1 amide bonds. The first kappa shape index (κ1) is 18.6. The average Bonchev–Trinajstić information content (AvgIpc) is 2.81. The van der Waals surface area contributed by atoms with Crippen LogP contribution in [0.2, 0.25) is 0 Å². The average molecular weight is 342 g/mol. The maximum atomic E-state index is 13.2. The maximum absolute atomic E-state index is 13.2. The van der Waals surface area contributed by atoms with Crippen molar-refractivity contribution in [3.8, 4) is 5.75 Å². The van der Waals surface area contributed by atoms with Gasteiger partial charge in [0.15, 0.2) is 17.7 Å². The number of benzene rings is 1. The standard InChI is InChI=1S/C17H24F2N2O3/c1-13(24-14-4-5-15(18)16(19)12-14)17(22)21-7-3-6-20(8-9-21)10-11-23-2/h4-5,12-13H,3,6-11H2,1-2H3/t13-/m1/s1. The summed E-state index contributed by atoms with van der Waals surface area (Å²) >= 11 is 0. The van der Waals surface area contributed by atoms with E-state index in [-0.39, 0.29) is 11.7 Å². The van der Waals surface area contributed by atoms with Crippen LogP contribution in [0.15, 0.2) is 18.2 Å². The first-order valence-electron chi connectivity index (χ1n) is 8.13. The lowest BCUT2D eigenvalue weighted by atomic mass is 10.3. The molecule has 0 aromatic heterocycles. The molecular weight excluding hydrogens is 318 g/mol. The van der Waals surface area contributed by atoms with Gasteiger partial charge in [0.1, 0.15) is 5.75 Å². The summed E-state index contributed by atoms with van der Waals surface area (Å²) in [5.74, 6) is -1.93. The SMILES string of the molecule is COCCN1CCCN(C(=O)[C@@H](C)Oc2ccc(F)c(F)c2)CC1. The van der Waals surface area contributed by atoms with E-state index in [1.807, 2.05) is 0 Å². The molecule has 24 heavy (non-hydrogen) atoms. The molecule has 0 spiro atoms. The number of hydrogen-bond acceptors (Lipinski definition) is 4. The van der Waals surface area contributed by atoms with Gasteiger partial charge in [0, 0.05) is 39.4 Å². The summed E-state index contributed by atoms with van der Waals surface area (Å²) in [6.45, 7) is 6.13. The minimum Gasteiger partial charge on any atom is -0.481 e. The summed E-state index contributed by atoms with van der Waals surface area (Å²) in [7, 11) is 1.67. The summed E-state index contributed by atoms with van der Waals surface area (Å²) < 4.78 is 36.7. The van der Waals surface area contributed by atoms with Gasteiger partial charge in [-0.25, -0.2) is 8.78 Å². The molecule has 1 heterocycles. The van der Waals surface area contributed by atoms with Crippen molar-refractivity contribution in [2.24, 2.45) is 0 Å². The van der Waals surface area contributed by atoms with Crippen molar-refractivity contribution in [2.45, 2.75) is 19.4 Å². The molecular formula is C17H24F2N2O3. The molecule has 0 aliphatic carbocycles. The van der Waals surface area contributed by atoms with Crippen LogP contribution in [0.25, 0.3) is 0 Å². The lowest BCUT2D eigenvalue weighted by Crippen LogP contribution is -2.42. The quantitative estimate of drug-likeness (QED) is 0.792. The molecule has 0 N–H and O–H groups in total. The van der Waals surface area contributed by atoms with Gasteiger partial charge in [-0.05, 0) is 32.0 Å². The number of carbonyl (C=O) groups excluding carboxylic acids is 1. The molecule has 0 unspecified atom stereocenters. The third kappa shape index (κ3) is 5.14. The molecule has 0 saturated carbocycles. The van der Waals surface area contributed by atoms with E-state index in [1.54, 1.807) is 18.9 Å². The zero-order valence-corrected chi connectivity index (χ0v) is 14.1. The van der Waals surface area contributed by atoms with Gasteiger partial charge in [-0.1, -0.05) is 0 Å². The van der Waals surface area contributed by atoms with E-state index in [9.17, 15) is 13.6 Å². The first-order chi connectivity index (χ1) is 11.5. The van der Waals surface area contributed by atoms with Crippen LogP contribution in [0.3, 0.4) is 0 Å². The van der Waals surface area contributed by atoms with Crippen molar-refractivity contribution < 1.29 is 23.0 Å². The van der Waals surface area contributed by atoms with Gasteiger partial charge in [-0.15, -0.1) is 0 Å². The summed E-state index contributed by atoms with van der Waals surface area (Å²) in [6.07, 6.45) is 0.133. The molecule has 7 heteroatoms. The molecule has 1 fully saturated rings. The number of hydrogen-bond donors (Lipinski definition) is 0. The predicted octanol–water partition coefficient (Wildman–Crippen LogP) is 1.91. The zero-order valence-electron chi connectivity index (χ0n) is 14.1. The number of methoxy groups -OCH3 is 1. The van der Waals surface area contributed by atoms with E-state index >= 15 is 0 Å². The number of halogens is 2. The Kier molecular flexibility index (Phi) is 6.93. The second kappa shape index (κ2) is 8.94. The Labute approximate surface area is 141 Å². The fraction of sp³-hybridized carbons (Fsp3) is 0.588. The Morgan fingerprint density at radius 1 is 1.21 bits per heavy atom. The van der Waals surface area contributed by atoms with Gasteiger partial charge >= 0.3 is 0 Å². The van der Waals surface area contributed by atoms with Crippen molar-refractivity contribution in [1.82, 2.24) is 9.80 Å². The van der Waals surface area contributed by atoms with Gasteiger partial charge in [0.2, 0.25) is 0 Å². The summed E-state index contributed by atoms with van der Waals surface area (Å²) in [5, 5.41) is 0. The van der Waals surface area contributed by atoms with Crippen LogP contribution >= 0.6 is 0 Å². The normalized spacial score (nSPS) is 17.4. The number of ether oxygens (including phenoxy) is 2. The summed E-state index contributed by atoms with van der Waals surface area (Å²) in [6, 6.07) is 3.26. The van der Waals surface area contributed by atoms with Crippen LogP contribution in [0.5, 0.6) is 5.75 Å². The largest absolute Gasteiger partial charge is 0.481 e. The molecule has 5 nitrogen and oxygen atoms in total. The van der Waals surface area contributed by atoms with E-state index in [0.29, 0.717) is 19.7 Å². The van der Waals surface area contributed by atoms with E-state index in [0.717, 1.165) is 38.2 Å². The van der Waals surface area contributed by atoms with E-state index in [1.165, 1.54) is 6.07 Å². The van der Waals surface area contributed by atoms with Gasteiger partial charge in [-0.3, -0.25) is 9.69 Å². The fourth-order valence-corrected chi connectivity index (χ4v) is 2.70. The molecule has 2 rings (SSSR count). The highest BCUT2D eigenvalue weighted by Gasteiger charge is 2.24. The third-order valence-electron chi connectivity index (χ3n) is 4.06. The highest BCUT2D eigenvalue weighted by Crippen LogP contribution is 2.17. The molecule has 0 bridgehead atoms. The van der Waals surface area contributed by atoms with Gasteiger partial charge < -0.3 is 14.4 Å². The van der Waals surface area contributed by atoms with Gasteiger partial charge in [0.25, 0.3) is 5.91 Å². The maximum Gasteiger partial charge on any atom is 0.263 e. The second-order valence-corrected chi connectivity index (χ2v) is 5.85. The molecule has 1 saturated heterocycles. The lowest BCUT2D eigenvalue weighted by Gasteiger charge is -2.25. The van der Waals surface area contributed by atoms with Crippen molar-refractivity contribution in [3.05, 3.63) is 29.8 Å². The fourth-order valence-electron chi connectivity index (χ4n) is 2.70. The Hall–Kier alpha value is -1.73. The molecule has 1 aromatic carbocycles. The van der Waals surface area contributed by atoms with Crippen LogP contribution in [-0.2, 0) is 9.53 Å². The summed E-state index contributed by atoms with van der Waals surface area (Å²) in [4.78, 5) is 16.5. The third-order valence-corrected chi connectivity index (χ3v) is 4.06. The van der Waals surface area contributed by atoms with Crippen molar-refractivity contribution in [2.75, 3.05) is 46.4 Å². The van der Waals surface area contributed by atoms with Crippen LogP contribution in [-0.4, -0.2) is 68.3 Å². The Morgan fingerprint density at radius 3 is 2.71 bits per heavy atom. The Balaban J connectivity index is 1.89. The molecule has 0 radical (unpaired) electrons. The van der Waals surface area contributed by atoms with Gasteiger partial charge in [-0.2, -0.15) is 0 Å². The zero-order chi connectivity index (χ0) is 17.5. The number of nitrogens with zero attached hydrogens (tertiary/aromatic N) is 2. The van der Waals surface area contributed by atoms with Crippen molar-refractivity contribution in [3.63, 3.8) is 0 Å². The smallest absolute Gasteiger partial charge is 0.263 e. The minimum atomic E-state index is -0.990. The van der Waals surface area contributed by atoms with Crippen molar-refractivity contribution in [1.29, 1.82) is 0 Å². The highest BCUT2D eigenvalue weighted by atomic mass is 19.2. The molecule has 1 aliphatic rings. The summed E-state index contributed by atoms with van der Waals surface area (Å²) in [5.41, 5.74) is 0. The molecule has 134 valence electrons. The number of carbonyl (C=O) groups is 1. The second-order valence-electron chi connectivity index (χ2n) is 5.85. The van der Waals surface area contributed by atoms with E-state index < -0.39 is 17.7 Å². The highest BCUT2D eigenvalue weighted by molar-refractivity contribution is 5.81. The van der Waals surface area contributed by atoms with Crippen LogP contribution in [0.4, 0.5) is 8.78 Å². The number of amides is 1. The van der Waals surface area contributed by atoms with Gasteiger partial charge in [0.05, 0.1) is 6.61 Å². The van der Waals surface area contributed by atoms with Crippen LogP contribution in [0, 0.1) is 11.6 Å². The minimum absolute atomic E-state index is 0.145. The molecule has 1 atom stereocenters. The monoisotopic (exact) mass is 342 g/mol. The van der Waals surface area contributed by atoms with Crippen LogP contribution in [0.1, 0.15) is 13.3 Å². The lowest BCUT2D eigenvalue weighted by molar-refractivity contribution is -0.137. The van der Waals surface area contributed by atoms with Crippen molar-refractivity contribution >= 4 is 5.91 Å². The number of rotatable bonds is 6. The van der Waals surface area contributed by atoms with Crippen LogP contribution < -0.4 is 4.74 Å². The van der Waals surface area contributed by atoms with E-state index in [4.69, 9.17) is 9.47 Å². The molecule has 1 aromatic rings. The van der Waals surface area contributed by atoms with E-state index in [2.05, 4.69) is 4.90 Å². The Morgan fingerprint density at radius 2 is 2.00 bits per heavy atom. The first-order valence-corrected chi connectivity index (χ1v) is 8.13. The Bertz CT molecular complexity index is 557.